The number of benzene rings is 3. The number of ether oxygens (including phenoxy) is 5. The molecule has 9 rings (SSSR count). The van der Waals surface area contributed by atoms with Crippen LogP contribution < -0.4 is 15.4 Å². The van der Waals surface area contributed by atoms with E-state index < -0.39 is 24.3 Å². The van der Waals surface area contributed by atoms with Crippen molar-refractivity contribution in [1.82, 2.24) is 30.4 Å². The van der Waals surface area contributed by atoms with E-state index in [1.807, 2.05) is 29.8 Å². The number of alkyl carbamates (subject to hydrolysis) is 2. The maximum atomic E-state index is 14.6. The molecule has 0 radical (unpaired) electrons. The summed E-state index contributed by atoms with van der Waals surface area (Å²) in [5, 5.41) is 7.84. The molecular weight excluding hydrogens is 855 g/mol. The van der Waals surface area contributed by atoms with Crippen LogP contribution in [-0.2, 0) is 41.6 Å². The van der Waals surface area contributed by atoms with Crippen molar-refractivity contribution in [2.45, 2.75) is 109 Å². The molecule has 3 fully saturated rings. The van der Waals surface area contributed by atoms with E-state index in [1.54, 1.807) is 7.11 Å². The van der Waals surface area contributed by atoms with E-state index in [0.717, 1.165) is 80.7 Å². The molecule has 7 atom stereocenters. The molecule has 16 nitrogen and oxygen atoms in total. The molecule has 3 aromatic carbocycles. The predicted molar refractivity (Wildman–Crippen MR) is 252 cm³/mol. The number of carbonyl (C=O) groups is 4. The Morgan fingerprint density at radius 1 is 0.910 bits per heavy atom. The summed E-state index contributed by atoms with van der Waals surface area (Å²) in [5.74, 6) is 1.21. The average Bonchev–Trinajstić information content (AvgIpc) is 4.19. The summed E-state index contributed by atoms with van der Waals surface area (Å²) >= 11 is 0. The summed E-state index contributed by atoms with van der Waals surface area (Å²) in [6.07, 6.45) is 6.45. The number of likely N-dealkylation sites (tertiary alicyclic amines) is 2. The Morgan fingerprint density at radius 2 is 1.70 bits per heavy atom. The van der Waals surface area contributed by atoms with Gasteiger partial charge in [-0.3, -0.25) is 14.6 Å². The van der Waals surface area contributed by atoms with Crippen molar-refractivity contribution < 1.29 is 42.9 Å². The first-order chi connectivity index (χ1) is 32.5. The third-order valence-electron chi connectivity index (χ3n) is 14.9. The third kappa shape index (κ3) is 8.97. The van der Waals surface area contributed by atoms with Crippen LogP contribution >= 0.6 is 0 Å². The molecule has 4 amide bonds. The number of aromatic amines is 1. The first-order valence-electron chi connectivity index (χ1n) is 23.9. The highest BCUT2D eigenvalue weighted by atomic mass is 16.5. The number of amides is 4. The number of aromatic nitrogens is 2. The number of imidazole rings is 1. The number of nitrogens with zero attached hydrogens (tertiary/aromatic N) is 4. The van der Waals surface area contributed by atoms with Crippen LogP contribution in [0.3, 0.4) is 0 Å². The SMILES string of the molecule is CC[C@H]1CC[C@@H](C2=Nc3ccc4cc5c(cc4c3C2)OCc2cc(-c3cnc([C@@H]4C[C@H](COC)CN4C(=O)[C@@H](NC(=O)OC)[C@@H](C)CC)[nH]3)ccc2-5)N1C(=O)[C@@H](NC(=O)OC)C1CCOCC1. The lowest BCUT2D eigenvalue weighted by Crippen LogP contribution is -2.57. The molecule has 5 aliphatic rings. The Labute approximate surface area is 391 Å². The molecule has 16 heteroatoms. The zero-order valence-electron chi connectivity index (χ0n) is 39.4. The lowest BCUT2D eigenvalue weighted by molar-refractivity contribution is -0.137. The Bertz CT molecular complexity index is 2550. The molecular formula is C51H63N7O9. The van der Waals surface area contributed by atoms with Gasteiger partial charge in [-0.25, -0.2) is 14.6 Å². The maximum Gasteiger partial charge on any atom is 0.407 e. The molecule has 67 heavy (non-hydrogen) atoms. The number of carbonyl (C=O) groups excluding carboxylic acids is 4. The summed E-state index contributed by atoms with van der Waals surface area (Å²) in [6, 6.07) is 13.0. The van der Waals surface area contributed by atoms with Crippen molar-refractivity contribution in [2.75, 3.05) is 47.7 Å². The van der Waals surface area contributed by atoms with Gasteiger partial charge in [-0.2, -0.15) is 0 Å². The minimum absolute atomic E-state index is 0.0407. The molecule has 0 saturated carbocycles. The minimum Gasteiger partial charge on any atom is -0.488 e. The van der Waals surface area contributed by atoms with Crippen LogP contribution in [0, 0.1) is 17.8 Å². The molecule has 0 bridgehead atoms. The second kappa shape index (κ2) is 19.7. The van der Waals surface area contributed by atoms with Crippen LogP contribution in [0.15, 0.2) is 53.7 Å². The number of H-pyrrole nitrogens is 1. The van der Waals surface area contributed by atoms with Crippen LogP contribution in [0.1, 0.15) is 88.7 Å². The second-order valence-electron chi connectivity index (χ2n) is 18.8. The fourth-order valence-electron chi connectivity index (χ4n) is 11.1. The summed E-state index contributed by atoms with van der Waals surface area (Å²) in [6.45, 7) is 8.55. The Kier molecular flexibility index (Phi) is 13.6. The summed E-state index contributed by atoms with van der Waals surface area (Å²) in [7, 11) is 4.29. The largest absolute Gasteiger partial charge is 0.488 e. The van der Waals surface area contributed by atoms with Crippen molar-refractivity contribution in [1.29, 1.82) is 0 Å². The first-order valence-corrected chi connectivity index (χ1v) is 23.9. The van der Waals surface area contributed by atoms with Gasteiger partial charge in [0.05, 0.1) is 50.5 Å². The number of aliphatic imine (C=N–C) groups is 1. The van der Waals surface area contributed by atoms with Gasteiger partial charge in [-0.1, -0.05) is 45.4 Å². The van der Waals surface area contributed by atoms with Crippen molar-refractivity contribution in [3.8, 4) is 28.1 Å². The van der Waals surface area contributed by atoms with E-state index in [0.29, 0.717) is 70.9 Å². The Morgan fingerprint density at radius 3 is 2.45 bits per heavy atom. The molecule has 3 N–H and O–H groups in total. The van der Waals surface area contributed by atoms with E-state index in [-0.39, 0.29) is 47.7 Å². The van der Waals surface area contributed by atoms with Gasteiger partial charge < -0.3 is 49.1 Å². The lowest BCUT2D eigenvalue weighted by atomic mass is 9.89. The van der Waals surface area contributed by atoms with E-state index in [2.05, 4.69) is 65.0 Å². The van der Waals surface area contributed by atoms with Crippen molar-refractivity contribution in [2.24, 2.45) is 22.7 Å². The average molecular weight is 918 g/mol. The fourth-order valence-corrected chi connectivity index (χ4v) is 11.1. The number of fused-ring (bicyclic) bond motifs is 6. The molecule has 0 aliphatic carbocycles. The molecule has 6 heterocycles. The van der Waals surface area contributed by atoms with Crippen LogP contribution in [0.4, 0.5) is 15.3 Å². The zero-order chi connectivity index (χ0) is 46.9. The number of nitrogens with one attached hydrogen (secondary N) is 3. The maximum absolute atomic E-state index is 14.6. The highest BCUT2D eigenvalue weighted by Crippen LogP contribution is 2.46. The zero-order valence-corrected chi connectivity index (χ0v) is 39.4. The van der Waals surface area contributed by atoms with Gasteiger partial charge in [0.25, 0.3) is 0 Å². The predicted octanol–water partition coefficient (Wildman–Crippen LogP) is 7.65. The summed E-state index contributed by atoms with van der Waals surface area (Å²) in [4.78, 5) is 71.0. The van der Waals surface area contributed by atoms with Crippen LogP contribution in [0.2, 0.25) is 0 Å². The molecule has 3 saturated heterocycles. The highest BCUT2D eigenvalue weighted by Gasteiger charge is 2.45. The number of methoxy groups -OCH3 is 3. The van der Waals surface area contributed by atoms with E-state index >= 15 is 0 Å². The van der Waals surface area contributed by atoms with E-state index in [4.69, 9.17) is 33.7 Å². The van der Waals surface area contributed by atoms with Crippen molar-refractivity contribution >= 4 is 46.2 Å². The number of rotatable bonds is 13. The quantitative estimate of drug-likeness (QED) is 0.120. The second-order valence-corrected chi connectivity index (χ2v) is 18.8. The first kappa shape index (κ1) is 46.1. The normalized spacial score (nSPS) is 22.5. The van der Waals surface area contributed by atoms with Gasteiger partial charge in [0.2, 0.25) is 11.8 Å². The minimum atomic E-state index is -0.739. The molecule has 0 unspecified atom stereocenters. The van der Waals surface area contributed by atoms with Gasteiger partial charge in [-0.05, 0) is 108 Å². The van der Waals surface area contributed by atoms with Crippen LogP contribution in [0.25, 0.3) is 33.2 Å². The Hall–Kier alpha value is -6.00. The standard InChI is InChI=1S/C51H63N7O9/c1-7-28(3)45(55-50(61)64-5)48(59)57-25-29(26-63-4)19-43(57)47-52-24-41(54-47)32-9-12-35-33(20-32)27-67-44-23-36-31(21-38(35)44)10-13-39-37(36)22-40(53-39)42-14-11-34(8-2)58(42)49(60)46(56-51(62)65-6)30-15-17-66-18-16-30/h9-10,12-13,20-21,23-24,28-30,34,42-43,45-46H,7-8,11,14-19,22,25-27H2,1-6H3,(H,52,54)(H,55,61)(H,56,62)/t28-,29-,34-,42-,43-,45-,46-/m0/s1. The van der Waals surface area contributed by atoms with E-state index in [9.17, 15) is 19.2 Å². The number of hydrogen-bond donors (Lipinski definition) is 3. The molecule has 0 spiro atoms. The van der Waals surface area contributed by atoms with Gasteiger partial charge in [0.15, 0.2) is 0 Å². The lowest BCUT2D eigenvalue weighted by Gasteiger charge is -2.37. The summed E-state index contributed by atoms with van der Waals surface area (Å²) < 4.78 is 27.5. The van der Waals surface area contributed by atoms with Gasteiger partial charge in [0.1, 0.15) is 30.3 Å². The summed E-state index contributed by atoms with van der Waals surface area (Å²) in [5.41, 5.74) is 7.95. The third-order valence-corrected chi connectivity index (χ3v) is 14.9. The number of hydrogen-bond acceptors (Lipinski definition) is 11. The van der Waals surface area contributed by atoms with Crippen molar-refractivity contribution in [3.63, 3.8) is 0 Å². The monoisotopic (exact) mass is 917 g/mol. The topological polar surface area (TPSA) is 186 Å². The molecule has 1 aromatic heterocycles. The fraction of sp³-hybridized carbons (Fsp3) is 0.529. The Balaban J connectivity index is 0.943. The molecule has 356 valence electrons. The molecule has 4 aromatic rings. The van der Waals surface area contributed by atoms with Crippen molar-refractivity contribution in [3.05, 3.63) is 65.6 Å². The van der Waals surface area contributed by atoms with E-state index in [1.165, 1.54) is 14.2 Å². The smallest absolute Gasteiger partial charge is 0.407 e. The van der Waals surface area contributed by atoms with Gasteiger partial charge in [-0.15, -0.1) is 0 Å². The van der Waals surface area contributed by atoms with Gasteiger partial charge >= 0.3 is 12.2 Å². The van der Waals surface area contributed by atoms with Gasteiger partial charge in [0, 0.05) is 56.5 Å². The van der Waals surface area contributed by atoms with Crippen LogP contribution in [-0.4, -0.2) is 121 Å². The van der Waals surface area contributed by atoms with Crippen LogP contribution in [0.5, 0.6) is 5.75 Å². The highest BCUT2D eigenvalue weighted by molar-refractivity contribution is 6.07. The molecule has 5 aliphatic heterocycles.